The van der Waals surface area contributed by atoms with Crippen LogP contribution in [0.4, 0.5) is 0 Å². The SMILES string of the molecule is CCC(O)(CC)CCCCn1c(=O)c2c(ncn2C)n(C)c1=O. The van der Waals surface area contributed by atoms with Crippen molar-refractivity contribution in [3.05, 3.63) is 27.2 Å². The molecule has 0 saturated heterocycles. The molecule has 0 aliphatic carbocycles. The minimum atomic E-state index is -0.637. The monoisotopic (exact) mass is 322 g/mol. The van der Waals surface area contributed by atoms with Crippen molar-refractivity contribution in [2.45, 2.75) is 58.1 Å². The average molecular weight is 322 g/mol. The molecule has 0 bridgehead atoms. The second kappa shape index (κ2) is 6.70. The third kappa shape index (κ3) is 3.24. The molecule has 23 heavy (non-hydrogen) atoms. The number of hydrogen-bond acceptors (Lipinski definition) is 4. The van der Waals surface area contributed by atoms with Crippen LogP contribution in [0.3, 0.4) is 0 Å². The minimum absolute atomic E-state index is 0.302. The molecule has 0 saturated carbocycles. The van der Waals surface area contributed by atoms with E-state index < -0.39 is 5.60 Å². The van der Waals surface area contributed by atoms with Crippen LogP contribution in [0.1, 0.15) is 46.0 Å². The number of aromatic nitrogens is 4. The van der Waals surface area contributed by atoms with Gasteiger partial charge in [-0.25, -0.2) is 9.78 Å². The molecule has 2 aromatic heterocycles. The molecule has 7 nitrogen and oxygen atoms in total. The Kier molecular flexibility index (Phi) is 5.09. The van der Waals surface area contributed by atoms with E-state index in [1.807, 2.05) is 13.8 Å². The van der Waals surface area contributed by atoms with E-state index in [1.54, 1.807) is 25.0 Å². The van der Waals surface area contributed by atoms with Crippen LogP contribution >= 0.6 is 0 Å². The van der Waals surface area contributed by atoms with Crippen molar-refractivity contribution in [3.8, 4) is 0 Å². The maximum Gasteiger partial charge on any atom is 0.332 e. The van der Waals surface area contributed by atoms with E-state index >= 15 is 0 Å². The first kappa shape index (κ1) is 17.5. The normalized spacial score (nSPS) is 12.2. The second-order valence-electron chi connectivity index (χ2n) is 6.21. The van der Waals surface area contributed by atoms with E-state index in [9.17, 15) is 14.7 Å². The van der Waals surface area contributed by atoms with E-state index in [4.69, 9.17) is 0 Å². The Morgan fingerprint density at radius 2 is 1.83 bits per heavy atom. The number of imidazole rings is 1. The number of unbranched alkanes of at least 4 members (excludes halogenated alkanes) is 1. The zero-order valence-corrected chi connectivity index (χ0v) is 14.4. The van der Waals surface area contributed by atoms with E-state index in [1.165, 1.54) is 9.13 Å². The highest BCUT2D eigenvalue weighted by Gasteiger charge is 2.21. The number of aliphatic hydroxyl groups is 1. The van der Waals surface area contributed by atoms with Crippen molar-refractivity contribution in [2.24, 2.45) is 14.1 Å². The minimum Gasteiger partial charge on any atom is -0.390 e. The third-order valence-corrected chi connectivity index (χ3v) is 4.79. The van der Waals surface area contributed by atoms with Crippen LogP contribution in [0.25, 0.3) is 11.2 Å². The van der Waals surface area contributed by atoms with Gasteiger partial charge in [0.05, 0.1) is 11.9 Å². The summed E-state index contributed by atoms with van der Waals surface area (Å²) in [4.78, 5) is 29.0. The predicted molar refractivity (Wildman–Crippen MR) is 89.6 cm³/mol. The van der Waals surface area contributed by atoms with Gasteiger partial charge in [-0.3, -0.25) is 13.9 Å². The Labute approximate surface area is 135 Å². The molecule has 0 amide bonds. The van der Waals surface area contributed by atoms with E-state index in [0.29, 0.717) is 43.4 Å². The number of hydrogen-bond donors (Lipinski definition) is 1. The van der Waals surface area contributed by atoms with Crippen molar-refractivity contribution in [3.63, 3.8) is 0 Å². The molecular formula is C16H26N4O3. The molecule has 0 radical (unpaired) electrons. The fraction of sp³-hybridized carbons (Fsp3) is 0.688. The van der Waals surface area contributed by atoms with Gasteiger partial charge in [-0.2, -0.15) is 0 Å². The fourth-order valence-corrected chi connectivity index (χ4v) is 2.92. The molecule has 0 fully saturated rings. The van der Waals surface area contributed by atoms with Crippen LogP contribution in [-0.2, 0) is 20.6 Å². The summed E-state index contributed by atoms with van der Waals surface area (Å²) in [5.41, 5.74) is -0.440. The van der Waals surface area contributed by atoms with Gasteiger partial charge in [-0.05, 0) is 32.1 Å². The van der Waals surface area contributed by atoms with Gasteiger partial charge in [-0.1, -0.05) is 13.8 Å². The lowest BCUT2D eigenvalue weighted by molar-refractivity contribution is 0.0210. The maximum absolute atomic E-state index is 12.5. The van der Waals surface area contributed by atoms with Gasteiger partial charge in [-0.15, -0.1) is 0 Å². The predicted octanol–water partition coefficient (Wildman–Crippen LogP) is 1.16. The van der Waals surface area contributed by atoms with Gasteiger partial charge >= 0.3 is 5.69 Å². The van der Waals surface area contributed by atoms with Crippen LogP contribution in [0.2, 0.25) is 0 Å². The summed E-state index contributed by atoms with van der Waals surface area (Å²) in [6.45, 7) is 4.30. The van der Waals surface area contributed by atoms with Gasteiger partial charge in [0.1, 0.15) is 0 Å². The van der Waals surface area contributed by atoms with Gasteiger partial charge in [0.25, 0.3) is 5.56 Å². The van der Waals surface area contributed by atoms with Crippen LogP contribution in [0.5, 0.6) is 0 Å². The molecule has 2 aromatic rings. The molecule has 2 rings (SSSR count). The van der Waals surface area contributed by atoms with Gasteiger partial charge in [0, 0.05) is 20.6 Å². The number of aryl methyl sites for hydroxylation is 2. The Morgan fingerprint density at radius 1 is 1.17 bits per heavy atom. The van der Waals surface area contributed by atoms with E-state index in [-0.39, 0.29) is 11.2 Å². The van der Waals surface area contributed by atoms with Crippen LogP contribution in [-0.4, -0.2) is 29.4 Å². The summed E-state index contributed by atoms with van der Waals surface area (Å²) in [5.74, 6) is 0. The van der Waals surface area contributed by atoms with Crippen molar-refractivity contribution >= 4 is 11.2 Å². The van der Waals surface area contributed by atoms with Crippen molar-refractivity contribution in [2.75, 3.05) is 0 Å². The lowest BCUT2D eigenvalue weighted by Crippen LogP contribution is -2.39. The first-order valence-electron chi connectivity index (χ1n) is 8.18. The standard InChI is InChI=1S/C16H26N4O3/c1-5-16(23,6-2)9-7-8-10-20-14(21)12-13(17-11-18(12)3)19(4)15(20)22/h11,23H,5-10H2,1-4H3. The lowest BCUT2D eigenvalue weighted by atomic mass is 9.91. The maximum atomic E-state index is 12.5. The largest absolute Gasteiger partial charge is 0.390 e. The molecular weight excluding hydrogens is 296 g/mol. The molecule has 0 aliphatic heterocycles. The van der Waals surface area contributed by atoms with Crippen molar-refractivity contribution in [1.82, 2.24) is 18.7 Å². The van der Waals surface area contributed by atoms with Crippen LogP contribution in [0.15, 0.2) is 15.9 Å². The highest BCUT2D eigenvalue weighted by atomic mass is 16.3. The average Bonchev–Trinajstić information content (AvgIpc) is 2.93. The van der Waals surface area contributed by atoms with E-state index in [2.05, 4.69) is 4.98 Å². The van der Waals surface area contributed by atoms with Crippen molar-refractivity contribution in [1.29, 1.82) is 0 Å². The lowest BCUT2D eigenvalue weighted by Gasteiger charge is -2.24. The summed E-state index contributed by atoms with van der Waals surface area (Å²) in [5, 5.41) is 10.3. The van der Waals surface area contributed by atoms with Gasteiger partial charge in [0.2, 0.25) is 0 Å². The van der Waals surface area contributed by atoms with Gasteiger partial charge < -0.3 is 9.67 Å². The van der Waals surface area contributed by atoms with Crippen LogP contribution in [0, 0.1) is 0 Å². The Morgan fingerprint density at radius 3 is 2.43 bits per heavy atom. The van der Waals surface area contributed by atoms with E-state index in [0.717, 1.165) is 6.42 Å². The quantitative estimate of drug-likeness (QED) is 0.775. The molecule has 7 heteroatoms. The second-order valence-corrected chi connectivity index (χ2v) is 6.21. The Hall–Kier alpha value is -1.89. The number of nitrogens with zero attached hydrogens (tertiary/aromatic N) is 4. The molecule has 0 aromatic carbocycles. The van der Waals surface area contributed by atoms with Crippen molar-refractivity contribution < 1.29 is 5.11 Å². The first-order valence-corrected chi connectivity index (χ1v) is 8.18. The molecule has 2 heterocycles. The zero-order valence-electron chi connectivity index (χ0n) is 14.4. The molecule has 128 valence electrons. The molecule has 0 aliphatic rings. The summed E-state index contributed by atoms with van der Waals surface area (Å²) in [6, 6.07) is 0. The zero-order chi connectivity index (χ0) is 17.2. The highest BCUT2D eigenvalue weighted by molar-refractivity contribution is 5.69. The number of fused-ring (bicyclic) bond motifs is 1. The van der Waals surface area contributed by atoms with Crippen LogP contribution < -0.4 is 11.2 Å². The molecule has 0 atom stereocenters. The Balaban J connectivity index is 2.20. The number of rotatable bonds is 7. The molecule has 0 spiro atoms. The topological polar surface area (TPSA) is 82.1 Å². The fourth-order valence-electron chi connectivity index (χ4n) is 2.92. The smallest absolute Gasteiger partial charge is 0.332 e. The highest BCUT2D eigenvalue weighted by Crippen LogP contribution is 2.21. The molecule has 1 N–H and O–H groups in total. The summed E-state index contributed by atoms with van der Waals surface area (Å²) < 4.78 is 4.31. The molecule has 0 unspecified atom stereocenters. The third-order valence-electron chi connectivity index (χ3n) is 4.79. The summed E-state index contributed by atoms with van der Waals surface area (Å²) in [6.07, 6.45) is 5.11. The first-order chi connectivity index (χ1) is 10.8. The summed E-state index contributed by atoms with van der Waals surface area (Å²) in [7, 11) is 3.37. The Bertz CT molecular complexity index is 796. The summed E-state index contributed by atoms with van der Waals surface area (Å²) >= 11 is 0. The van der Waals surface area contributed by atoms with Gasteiger partial charge in [0.15, 0.2) is 11.2 Å².